The van der Waals surface area contributed by atoms with Crippen molar-refractivity contribution in [3.8, 4) is 0 Å². The van der Waals surface area contributed by atoms with E-state index in [-0.39, 0.29) is 30.2 Å². The lowest BCUT2D eigenvalue weighted by atomic mass is 9.97. The number of ether oxygens (including phenoxy) is 1. The van der Waals surface area contributed by atoms with Gasteiger partial charge in [0.25, 0.3) is 0 Å². The van der Waals surface area contributed by atoms with Gasteiger partial charge in [-0.05, 0) is 63.6 Å². The molecule has 3 N–H and O–H groups in total. The smallest absolute Gasteiger partial charge is 0.411 e. The molecule has 10 heteroatoms. The molecular formula is C26H37N5O5. The maximum absolute atomic E-state index is 13.3. The average molecular weight is 500 g/mol. The number of hydrogen-bond donors (Lipinski definition) is 2. The molecule has 3 fully saturated rings. The second-order valence-electron chi connectivity index (χ2n) is 11.1. The molecule has 2 aliphatic heterocycles. The van der Waals surface area contributed by atoms with E-state index in [0.29, 0.717) is 13.1 Å². The van der Waals surface area contributed by atoms with E-state index in [4.69, 9.17) is 10.5 Å². The maximum Gasteiger partial charge on any atom is 0.411 e. The van der Waals surface area contributed by atoms with Crippen LogP contribution in [0.15, 0.2) is 24.3 Å². The number of nitrogens with two attached hydrogens (primary N) is 1. The van der Waals surface area contributed by atoms with Crippen LogP contribution in [0.25, 0.3) is 0 Å². The third-order valence-electron chi connectivity index (χ3n) is 7.32. The number of amides is 4. The summed E-state index contributed by atoms with van der Waals surface area (Å²) in [5.41, 5.74) is 6.74. The number of likely N-dealkylation sites (N-methyl/N-ethyl adjacent to an activating group) is 1. The van der Waals surface area contributed by atoms with E-state index >= 15 is 0 Å². The van der Waals surface area contributed by atoms with Crippen molar-refractivity contribution >= 4 is 29.5 Å². The van der Waals surface area contributed by atoms with Crippen LogP contribution in [0.1, 0.15) is 45.6 Å². The Labute approximate surface area is 212 Å². The number of piperidine rings is 1. The van der Waals surface area contributed by atoms with Crippen molar-refractivity contribution in [3.05, 3.63) is 29.8 Å². The van der Waals surface area contributed by atoms with E-state index in [1.807, 2.05) is 29.2 Å². The molecule has 3 aliphatic rings. The minimum atomic E-state index is -0.909. The van der Waals surface area contributed by atoms with Gasteiger partial charge in [0.2, 0.25) is 17.7 Å². The number of rotatable bonds is 6. The number of likely N-dealkylation sites (tertiary alicyclic amines) is 1. The van der Waals surface area contributed by atoms with Gasteiger partial charge in [-0.15, -0.1) is 0 Å². The first-order valence-electron chi connectivity index (χ1n) is 12.6. The van der Waals surface area contributed by atoms with Crippen LogP contribution in [0.2, 0.25) is 0 Å². The van der Waals surface area contributed by atoms with Gasteiger partial charge in [0, 0.05) is 38.3 Å². The van der Waals surface area contributed by atoms with Gasteiger partial charge in [0.1, 0.15) is 17.7 Å². The van der Waals surface area contributed by atoms with Crippen LogP contribution >= 0.6 is 0 Å². The molecule has 36 heavy (non-hydrogen) atoms. The fourth-order valence-electron chi connectivity index (χ4n) is 5.44. The molecule has 0 unspecified atom stereocenters. The zero-order valence-electron chi connectivity index (χ0n) is 21.5. The standard InChI is InChI=1S/C26H37N5O5/c1-26(2,3)36-25(35)31-19-10-7-17(14-19)22(31)24(34)28-20(23(27)33)13-16-5-8-18(9-6-16)30-12-11-29(4)21(32)15-30/h5-6,8-9,17,19-20,22H,7,10-15H2,1-4H3,(H2,27,33)(H,28,34)/t17-,19+,20-,22-/m0/s1. The quantitative estimate of drug-likeness (QED) is 0.607. The monoisotopic (exact) mass is 499 g/mol. The Morgan fingerprint density at radius 3 is 2.44 bits per heavy atom. The predicted octanol–water partition coefficient (Wildman–Crippen LogP) is 1.27. The topological polar surface area (TPSA) is 125 Å². The summed E-state index contributed by atoms with van der Waals surface area (Å²) >= 11 is 0. The Hall–Kier alpha value is -3.30. The Kier molecular flexibility index (Phi) is 7.15. The van der Waals surface area contributed by atoms with E-state index in [1.165, 1.54) is 0 Å². The summed E-state index contributed by atoms with van der Waals surface area (Å²) in [5.74, 6) is -0.891. The molecule has 1 aromatic carbocycles. The lowest BCUT2D eigenvalue weighted by Crippen LogP contribution is -2.57. The van der Waals surface area contributed by atoms with Crippen LogP contribution in [0, 0.1) is 5.92 Å². The van der Waals surface area contributed by atoms with Gasteiger partial charge in [0.15, 0.2) is 0 Å². The fourth-order valence-corrected chi connectivity index (χ4v) is 5.44. The molecule has 4 amide bonds. The molecule has 4 rings (SSSR count). The lowest BCUT2D eigenvalue weighted by Gasteiger charge is -2.36. The van der Waals surface area contributed by atoms with Gasteiger partial charge < -0.3 is 25.6 Å². The van der Waals surface area contributed by atoms with Crippen LogP contribution < -0.4 is 16.0 Å². The van der Waals surface area contributed by atoms with Crippen molar-refractivity contribution in [1.29, 1.82) is 0 Å². The van der Waals surface area contributed by atoms with Gasteiger partial charge in [-0.1, -0.05) is 12.1 Å². The highest BCUT2D eigenvalue weighted by Crippen LogP contribution is 2.43. The first kappa shape index (κ1) is 25.8. The Morgan fingerprint density at radius 1 is 1.14 bits per heavy atom. The predicted molar refractivity (Wildman–Crippen MR) is 134 cm³/mol. The molecule has 1 saturated carbocycles. The number of carbonyl (C=O) groups excluding carboxylic acids is 4. The minimum Gasteiger partial charge on any atom is -0.444 e. The van der Waals surface area contributed by atoms with Crippen molar-refractivity contribution in [1.82, 2.24) is 15.1 Å². The van der Waals surface area contributed by atoms with E-state index < -0.39 is 29.7 Å². The van der Waals surface area contributed by atoms with Crippen molar-refractivity contribution in [3.63, 3.8) is 0 Å². The third kappa shape index (κ3) is 5.57. The average Bonchev–Trinajstić information content (AvgIpc) is 3.41. The second-order valence-corrected chi connectivity index (χ2v) is 11.1. The van der Waals surface area contributed by atoms with Crippen LogP contribution in [0.5, 0.6) is 0 Å². The summed E-state index contributed by atoms with van der Waals surface area (Å²) in [4.78, 5) is 55.8. The van der Waals surface area contributed by atoms with E-state index in [1.54, 1.807) is 37.6 Å². The summed E-state index contributed by atoms with van der Waals surface area (Å²) in [6.45, 7) is 7.13. The van der Waals surface area contributed by atoms with Crippen LogP contribution in [-0.4, -0.2) is 84.0 Å². The van der Waals surface area contributed by atoms with Gasteiger partial charge in [-0.2, -0.15) is 0 Å². The number of carbonyl (C=O) groups is 4. The molecule has 0 aromatic heterocycles. The molecule has 10 nitrogen and oxygen atoms in total. The van der Waals surface area contributed by atoms with Gasteiger partial charge in [0.05, 0.1) is 6.54 Å². The molecule has 196 valence electrons. The first-order chi connectivity index (χ1) is 16.9. The van der Waals surface area contributed by atoms with E-state index in [9.17, 15) is 19.2 Å². The molecule has 1 aliphatic carbocycles. The molecule has 0 radical (unpaired) electrons. The normalized spacial score (nSPS) is 24.6. The molecule has 2 bridgehead atoms. The molecular weight excluding hydrogens is 462 g/mol. The van der Waals surface area contributed by atoms with Gasteiger partial charge >= 0.3 is 6.09 Å². The number of nitrogens with zero attached hydrogens (tertiary/aromatic N) is 3. The summed E-state index contributed by atoms with van der Waals surface area (Å²) in [6, 6.07) is 5.98. The molecule has 2 heterocycles. The highest BCUT2D eigenvalue weighted by atomic mass is 16.6. The number of piperazine rings is 1. The SMILES string of the molecule is CN1CCN(c2ccc(C[C@H](NC(=O)[C@@H]3[C@H]4CC[C@H](C4)N3C(=O)OC(C)(C)C)C(N)=O)cc2)CC1=O. The van der Waals surface area contributed by atoms with Crippen molar-refractivity contribution in [2.45, 2.75) is 70.2 Å². The van der Waals surface area contributed by atoms with Crippen LogP contribution in [0.3, 0.4) is 0 Å². The van der Waals surface area contributed by atoms with Gasteiger partial charge in [-0.3, -0.25) is 19.3 Å². The highest BCUT2D eigenvalue weighted by Gasteiger charge is 2.52. The first-order valence-corrected chi connectivity index (χ1v) is 12.6. The van der Waals surface area contributed by atoms with E-state index in [0.717, 1.165) is 37.1 Å². The Morgan fingerprint density at radius 2 is 1.83 bits per heavy atom. The zero-order chi connectivity index (χ0) is 26.2. The Bertz CT molecular complexity index is 1020. The van der Waals surface area contributed by atoms with Crippen LogP contribution in [-0.2, 0) is 25.5 Å². The van der Waals surface area contributed by atoms with Crippen molar-refractivity contribution in [2.75, 3.05) is 31.6 Å². The maximum atomic E-state index is 13.3. The van der Waals surface area contributed by atoms with Gasteiger partial charge in [-0.25, -0.2) is 4.79 Å². The number of nitrogens with one attached hydrogen (secondary N) is 1. The van der Waals surface area contributed by atoms with Crippen molar-refractivity contribution < 1.29 is 23.9 Å². The number of primary amides is 1. The third-order valence-corrected chi connectivity index (χ3v) is 7.32. The lowest BCUT2D eigenvalue weighted by molar-refractivity contribution is -0.132. The zero-order valence-corrected chi connectivity index (χ0v) is 21.5. The van der Waals surface area contributed by atoms with E-state index in [2.05, 4.69) is 5.32 Å². The summed E-state index contributed by atoms with van der Waals surface area (Å²) < 4.78 is 5.56. The minimum absolute atomic E-state index is 0.0263. The molecule has 4 atom stereocenters. The Balaban J connectivity index is 1.41. The van der Waals surface area contributed by atoms with Crippen LogP contribution in [0.4, 0.5) is 10.5 Å². The van der Waals surface area contributed by atoms with Crippen molar-refractivity contribution in [2.24, 2.45) is 11.7 Å². The fraction of sp³-hybridized carbons (Fsp3) is 0.615. The summed E-state index contributed by atoms with van der Waals surface area (Å²) in [7, 11) is 1.80. The number of anilines is 1. The summed E-state index contributed by atoms with van der Waals surface area (Å²) in [6.07, 6.45) is 2.20. The number of hydrogen-bond acceptors (Lipinski definition) is 6. The summed E-state index contributed by atoms with van der Waals surface area (Å²) in [5, 5.41) is 2.80. The highest BCUT2D eigenvalue weighted by molar-refractivity contribution is 5.92. The largest absolute Gasteiger partial charge is 0.444 e. The molecule has 2 saturated heterocycles. The molecule has 1 aromatic rings. The second kappa shape index (κ2) is 9.99. The number of benzene rings is 1. The number of fused-ring (bicyclic) bond motifs is 2. The molecule has 0 spiro atoms.